The second-order valence-electron chi connectivity index (χ2n) is 7.59. The molecule has 5 nitrogen and oxygen atoms in total. The maximum atomic E-state index is 13.3. The van der Waals surface area contributed by atoms with Crippen LogP contribution in [-0.4, -0.2) is 26.9 Å². The van der Waals surface area contributed by atoms with Crippen LogP contribution in [0.25, 0.3) is 0 Å². The third-order valence-electron chi connectivity index (χ3n) is 4.83. The van der Waals surface area contributed by atoms with Gasteiger partial charge in [0.25, 0.3) is 10.0 Å². The molecular weight excluding hydrogens is 453 g/mol. The van der Waals surface area contributed by atoms with Gasteiger partial charge in [-0.25, -0.2) is 8.42 Å². The summed E-state index contributed by atoms with van der Waals surface area (Å²) in [5.41, 5.74) is -0.698. The van der Waals surface area contributed by atoms with Gasteiger partial charge >= 0.3 is 6.18 Å². The van der Waals surface area contributed by atoms with Crippen LogP contribution in [0.1, 0.15) is 31.9 Å². The van der Waals surface area contributed by atoms with Gasteiger partial charge < -0.3 is 5.32 Å². The van der Waals surface area contributed by atoms with Crippen LogP contribution in [0, 0.1) is 12.8 Å². The minimum Gasteiger partial charge on any atom is -0.352 e. The normalized spacial score (nSPS) is 13.2. The zero-order chi connectivity index (χ0) is 23.6. The quantitative estimate of drug-likeness (QED) is 0.610. The topological polar surface area (TPSA) is 66.5 Å². The van der Waals surface area contributed by atoms with Crippen LogP contribution in [0.3, 0.4) is 0 Å². The fourth-order valence-corrected chi connectivity index (χ4v) is 4.27. The highest BCUT2D eigenvalue weighted by Crippen LogP contribution is 2.38. The summed E-state index contributed by atoms with van der Waals surface area (Å²) in [6.07, 6.45) is -4.79. The van der Waals surface area contributed by atoms with Gasteiger partial charge in [-0.3, -0.25) is 9.10 Å². The van der Waals surface area contributed by atoms with E-state index in [9.17, 15) is 26.4 Å². The maximum Gasteiger partial charge on any atom is 0.417 e. The molecular formula is C21H24ClF3N2O3S. The van der Waals surface area contributed by atoms with Crippen LogP contribution in [0.15, 0.2) is 47.4 Å². The molecule has 0 spiro atoms. The molecule has 0 heterocycles. The highest BCUT2D eigenvalue weighted by Gasteiger charge is 2.35. The van der Waals surface area contributed by atoms with E-state index in [1.165, 1.54) is 12.1 Å². The Labute approximate surface area is 185 Å². The van der Waals surface area contributed by atoms with Crippen molar-refractivity contribution in [3.63, 3.8) is 0 Å². The van der Waals surface area contributed by atoms with Crippen LogP contribution < -0.4 is 9.62 Å². The Kier molecular flexibility index (Phi) is 7.65. The fourth-order valence-electron chi connectivity index (χ4n) is 2.63. The van der Waals surface area contributed by atoms with Crippen molar-refractivity contribution in [2.45, 2.75) is 44.8 Å². The molecule has 1 N–H and O–H groups in total. The lowest BCUT2D eigenvalue weighted by Gasteiger charge is -2.26. The van der Waals surface area contributed by atoms with Gasteiger partial charge in [-0.1, -0.05) is 43.1 Å². The largest absolute Gasteiger partial charge is 0.417 e. The number of aryl methyl sites for hydroxylation is 1. The van der Waals surface area contributed by atoms with Gasteiger partial charge in [-0.2, -0.15) is 13.2 Å². The minimum absolute atomic E-state index is 0.0819. The van der Waals surface area contributed by atoms with E-state index in [1.54, 1.807) is 26.0 Å². The van der Waals surface area contributed by atoms with Crippen molar-refractivity contribution in [2.24, 2.45) is 5.92 Å². The fraction of sp³-hybridized carbons (Fsp3) is 0.381. The van der Waals surface area contributed by atoms with Gasteiger partial charge in [0.2, 0.25) is 5.91 Å². The zero-order valence-electron chi connectivity index (χ0n) is 17.5. The molecule has 2 aromatic rings. The number of amides is 1. The van der Waals surface area contributed by atoms with E-state index < -0.39 is 39.2 Å². The van der Waals surface area contributed by atoms with Gasteiger partial charge in [0.05, 0.1) is 21.2 Å². The Morgan fingerprint density at radius 3 is 2.19 bits per heavy atom. The average Bonchev–Trinajstić information content (AvgIpc) is 2.66. The number of hydrogen-bond donors (Lipinski definition) is 1. The first-order valence-electron chi connectivity index (χ1n) is 9.49. The molecule has 0 radical (unpaired) electrons. The third-order valence-corrected chi connectivity index (χ3v) is 6.95. The average molecular weight is 477 g/mol. The van der Waals surface area contributed by atoms with Gasteiger partial charge in [-0.15, -0.1) is 0 Å². The van der Waals surface area contributed by atoms with E-state index in [0.717, 1.165) is 17.7 Å². The molecule has 0 fully saturated rings. The summed E-state index contributed by atoms with van der Waals surface area (Å²) in [6.45, 7) is 6.59. The Morgan fingerprint density at radius 1 is 1.10 bits per heavy atom. The molecule has 0 saturated carbocycles. The Hall–Kier alpha value is -2.26. The lowest BCUT2D eigenvalue weighted by molar-refractivity contribution is -0.137. The monoisotopic (exact) mass is 476 g/mol. The van der Waals surface area contributed by atoms with Crippen molar-refractivity contribution in [3.8, 4) is 0 Å². The Morgan fingerprint density at radius 2 is 1.68 bits per heavy atom. The molecule has 1 atom stereocenters. The second-order valence-corrected chi connectivity index (χ2v) is 9.86. The van der Waals surface area contributed by atoms with E-state index in [1.807, 2.05) is 13.8 Å². The smallest absolute Gasteiger partial charge is 0.352 e. The van der Waals surface area contributed by atoms with Gasteiger partial charge in [0, 0.05) is 6.04 Å². The predicted octanol–water partition coefficient (Wildman–Crippen LogP) is 5.02. The first-order valence-corrected chi connectivity index (χ1v) is 11.3. The van der Waals surface area contributed by atoms with Crippen LogP contribution in [0.2, 0.25) is 5.02 Å². The lowest BCUT2D eigenvalue weighted by atomic mass is 10.1. The van der Waals surface area contributed by atoms with Gasteiger partial charge in [0.1, 0.15) is 6.54 Å². The number of carbonyl (C=O) groups is 1. The summed E-state index contributed by atoms with van der Waals surface area (Å²) in [7, 11) is -4.34. The van der Waals surface area contributed by atoms with Crippen LogP contribution in [0.4, 0.5) is 18.9 Å². The highest BCUT2D eigenvalue weighted by molar-refractivity contribution is 7.92. The van der Waals surface area contributed by atoms with Crippen molar-refractivity contribution in [1.82, 2.24) is 5.32 Å². The van der Waals surface area contributed by atoms with E-state index in [2.05, 4.69) is 5.32 Å². The Bertz CT molecular complexity index is 1040. The second kappa shape index (κ2) is 9.48. The summed E-state index contributed by atoms with van der Waals surface area (Å²) in [5.74, 6) is -0.557. The number of carbonyl (C=O) groups excluding carboxylic acids is 1. The van der Waals surface area contributed by atoms with E-state index in [-0.39, 0.29) is 22.5 Å². The molecule has 10 heteroatoms. The molecule has 0 aromatic heterocycles. The molecule has 0 aliphatic rings. The third kappa shape index (κ3) is 6.13. The number of rotatable bonds is 7. The standard InChI is InChI=1S/C21H24ClF3N2O3S/c1-13(2)15(4)26-20(28)12-27(31(29,30)17-8-5-14(3)6-9-17)16-7-10-19(22)18(11-16)21(23,24)25/h5-11,13,15H,12H2,1-4H3,(H,26,28)/t15-/m0/s1. The van der Waals surface area contributed by atoms with Crippen molar-refractivity contribution >= 4 is 33.2 Å². The minimum atomic E-state index is -4.79. The molecule has 1 amide bonds. The summed E-state index contributed by atoms with van der Waals surface area (Å²) in [6, 6.07) is 8.29. The summed E-state index contributed by atoms with van der Waals surface area (Å²) < 4.78 is 67.3. The first-order chi connectivity index (χ1) is 14.2. The van der Waals surface area contributed by atoms with Crippen molar-refractivity contribution in [3.05, 3.63) is 58.6 Å². The van der Waals surface area contributed by atoms with Crippen molar-refractivity contribution in [2.75, 3.05) is 10.8 Å². The molecule has 2 aromatic carbocycles. The number of alkyl halides is 3. The number of sulfonamides is 1. The summed E-state index contributed by atoms with van der Waals surface area (Å²) in [5, 5.41) is 2.11. The molecule has 0 aliphatic carbocycles. The number of halogens is 4. The van der Waals surface area contributed by atoms with E-state index in [0.29, 0.717) is 10.4 Å². The number of hydrogen-bond acceptors (Lipinski definition) is 3. The molecule has 0 bridgehead atoms. The van der Waals surface area contributed by atoms with Gasteiger partial charge in [0.15, 0.2) is 0 Å². The van der Waals surface area contributed by atoms with Crippen molar-refractivity contribution in [1.29, 1.82) is 0 Å². The SMILES string of the molecule is Cc1ccc(S(=O)(=O)N(CC(=O)N[C@@H](C)C(C)C)c2ccc(Cl)c(C(F)(F)F)c2)cc1. The van der Waals surface area contributed by atoms with Crippen molar-refractivity contribution < 1.29 is 26.4 Å². The first kappa shape index (κ1) is 25.0. The molecule has 0 unspecified atom stereocenters. The molecule has 31 heavy (non-hydrogen) atoms. The number of benzene rings is 2. The molecule has 0 aliphatic heterocycles. The number of anilines is 1. The van der Waals surface area contributed by atoms with E-state index >= 15 is 0 Å². The van der Waals surface area contributed by atoms with Crippen LogP contribution in [-0.2, 0) is 21.0 Å². The zero-order valence-corrected chi connectivity index (χ0v) is 19.1. The highest BCUT2D eigenvalue weighted by atomic mass is 35.5. The molecule has 2 rings (SSSR count). The predicted molar refractivity (Wildman–Crippen MR) is 115 cm³/mol. The molecule has 0 saturated heterocycles. The molecule has 170 valence electrons. The van der Waals surface area contributed by atoms with Crippen LogP contribution >= 0.6 is 11.6 Å². The van der Waals surface area contributed by atoms with Crippen LogP contribution in [0.5, 0.6) is 0 Å². The summed E-state index contributed by atoms with van der Waals surface area (Å²) >= 11 is 5.68. The maximum absolute atomic E-state index is 13.3. The Balaban J connectivity index is 2.55. The number of nitrogens with one attached hydrogen (secondary N) is 1. The van der Waals surface area contributed by atoms with E-state index in [4.69, 9.17) is 11.6 Å². The lowest BCUT2D eigenvalue weighted by Crippen LogP contribution is -2.45. The van der Waals surface area contributed by atoms with Gasteiger partial charge in [-0.05, 0) is 50.1 Å². The number of nitrogens with zero attached hydrogens (tertiary/aromatic N) is 1. The summed E-state index contributed by atoms with van der Waals surface area (Å²) in [4.78, 5) is 12.4.